The minimum atomic E-state index is -0.450. The summed E-state index contributed by atoms with van der Waals surface area (Å²) in [6, 6.07) is 10.6. The summed E-state index contributed by atoms with van der Waals surface area (Å²) in [5.74, 6) is -0.107. The Morgan fingerprint density at radius 1 is 0.287 bits per heavy atom. The van der Waals surface area contributed by atoms with E-state index in [0.29, 0.717) is 22.7 Å². The first kappa shape index (κ1) is 78.4. The Hall–Kier alpha value is -2.96. The van der Waals surface area contributed by atoms with Gasteiger partial charge < -0.3 is 9.47 Å². The Labute approximate surface area is 587 Å². The van der Waals surface area contributed by atoms with Crippen LogP contribution in [0.5, 0.6) is 0 Å². The Balaban J connectivity index is 1.13. The van der Waals surface area contributed by atoms with Crippen molar-refractivity contribution in [3.63, 3.8) is 0 Å². The van der Waals surface area contributed by atoms with Gasteiger partial charge in [0, 0.05) is 25.5 Å². The van der Waals surface area contributed by atoms with Crippen LogP contribution in [-0.2, 0) is 29.9 Å². The van der Waals surface area contributed by atoms with Gasteiger partial charge in [0.05, 0.1) is 4.88 Å². The van der Waals surface area contributed by atoms with E-state index in [1.54, 1.807) is 45.4 Å². The van der Waals surface area contributed by atoms with Crippen molar-refractivity contribution in [2.45, 2.75) is 438 Å². The summed E-state index contributed by atoms with van der Waals surface area (Å²) in [7, 11) is 0. The van der Waals surface area contributed by atoms with Crippen molar-refractivity contribution in [3.05, 3.63) is 73.2 Å². The fourth-order valence-corrected chi connectivity index (χ4v) is 19.8. The number of allylic oxidation sites excluding steroid dienone is 1. The van der Waals surface area contributed by atoms with Gasteiger partial charge in [-0.2, -0.15) is 0 Å². The molecule has 2 aliphatic carbocycles. The predicted molar refractivity (Wildman–Crippen MR) is 411 cm³/mol. The van der Waals surface area contributed by atoms with Gasteiger partial charge in [0.1, 0.15) is 16.9 Å². The van der Waals surface area contributed by atoms with Crippen molar-refractivity contribution in [1.29, 1.82) is 0 Å². The second-order valence-electron chi connectivity index (χ2n) is 30.9. The maximum absolute atomic E-state index is 13.7. The Bertz CT molecular complexity index is 2590. The molecule has 0 atom stereocenters. The molecule has 0 saturated heterocycles. The van der Waals surface area contributed by atoms with Crippen LogP contribution in [-0.4, -0.2) is 11.9 Å². The molecule has 94 heavy (non-hydrogen) atoms. The predicted octanol–water partition coefficient (Wildman–Crippen LogP) is 30.2. The van der Waals surface area contributed by atoms with Crippen LogP contribution in [0.15, 0.2) is 41.2 Å². The van der Waals surface area contributed by atoms with Gasteiger partial charge in [0.25, 0.3) is 0 Å². The molecule has 0 unspecified atom stereocenters. The fourth-order valence-electron chi connectivity index (χ4n) is 17.3. The number of rotatable bonds is 61. The van der Waals surface area contributed by atoms with Crippen LogP contribution in [0.2, 0.25) is 0 Å². The first-order chi connectivity index (χ1) is 46.2. The van der Waals surface area contributed by atoms with Crippen LogP contribution in [0.3, 0.4) is 0 Å². The van der Waals surface area contributed by atoms with Crippen molar-refractivity contribution in [2.75, 3.05) is 0 Å². The summed E-state index contributed by atoms with van der Waals surface area (Å²) >= 11 is 3.88. The molecule has 4 aliphatic rings. The van der Waals surface area contributed by atoms with Crippen LogP contribution in [0.1, 0.15) is 452 Å². The monoisotopic (exact) mass is 1330 g/mol. The first-order valence-electron chi connectivity index (χ1n) is 41.6. The second kappa shape index (κ2) is 45.7. The molecule has 530 valence electrons. The molecule has 6 heteroatoms. The van der Waals surface area contributed by atoms with Gasteiger partial charge in [-0.05, 0) is 97.2 Å². The van der Waals surface area contributed by atoms with Gasteiger partial charge in [-0.15, -0.1) is 22.7 Å². The number of esters is 2. The van der Waals surface area contributed by atoms with E-state index in [1.165, 1.54) is 393 Å². The van der Waals surface area contributed by atoms with E-state index in [1.807, 2.05) is 0 Å². The molecule has 2 aromatic heterocycles. The SMILES string of the molecule is CCCCCCCCCCCCCCCCC1(CCCCCCCCCCCCCCCC)c2cc3c(cc2-c2sc(C)cc21)C(CCCCCCCCCCCCCCCC)(CCCCCCCCCCCCCCCC)c1cc(C2=C4C(=O)OC(C)=C4C(=O)O2)sc1-3. The molecule has 0 fully saturated rings. The third kappa shape index (κ3) is 24.2. The van der Waals surface area contributed by atoms with Crippen molar-refractivity contribution in [1.82, 2.24) is 0 Å². The molecule has 7 rings (SSSR count). The van der Waals surface area contributed by atoms with E-state index in [0.717, 1.165) is 17.7 Å². The molecule has 4 heterocycles. The minimum Gasteiger partial charge on any atom is -0.427 e. The molecule has 0 radical (unpaired) electrons. The van der Waals surface area contributed by atoms with E-state index in [-0.39, 0.29) is 10.8 Å². The molecule has 0 amide bonds. The van der Waals surface area contributed by atoms with E-state index < -0.39 is 11.9 Å². The summed E-state index contributed by atoms with van der Waals surface area (Å²) in [6.45, 7) is 13.4. The lowest BCUT2D eigenvalue weighted by Crippen LogP contribution is -2.27. The average Bonchev–Trinajstić information content (AvgIpc) is 1.52. The van der Waals surface area contributed by atoms with E-state index in [4.69, 9.17) is 9.47 Å². The van der Waals surface area contributed by atoms with Crippen molar-refractivity contribution < 1.29 is 19.1 Å². The quantitative estimate of drug-likeness (QED) is 0.0417. The Kier molecular flexibility index (Phi) is 38.1. The Morgan fingerprint density at radius 2 is 0.543 bits per heavy atom. The molecule has 0 saturated carbocycles. The molecule has 3 aromatic rings. The van der Waals surface area contributed by atoms with E-state index >= 15 is 0 Å². The summed E-state index contributed by atoms with van der Waals surface area (Å²) < 4.78 is 11.9. The lowest BCUT2D eigenvalue weighted by molar-refractivity contribution is -0.133. The standard InChI is InChI=1S/C88H142O4S2/c1-7-11-15-19-23-27-31-35-39-43-47-51-55-59-63-87(64-60-56-52-48-44-40-36-32-28-24-20-16-12-8-2)75-69-74-76(68-73(75)83-77(87)67-71(5)93-83)88(65-61-57-53-49-45-41-37-33-29-25-21-17-13-9-3,66-62-58-54-50-46-42-38-34-30-26-22-18-14-10-4)78-70-79(94-84(74)78)82-81-80(85(89)92-82)72(6)91-86(81)90/h67-70H,7-66H2,1-6H3. The van der Waals surface area contributed by atoms with Crippen LogP contribution in [0.4, 0.5) is 0 Å². The number of ether oxygens (including phenoxy) is 2. The van der Waals surface area contributed by atoms with E-state index in [9.17, 15) is 9.59 Å². The smallest absolute Gasteiger partial charge is 0.348 e. The topological polar surface area (TPSA) is 52.6 Å². The van der Waals surface area contributed by atoms with Gasteiger partial charge in [-0.1, -0.05) is 387 Å². The number of carbonyl (C=O) groups excluding carboxylic acids is 2. The van der Waals surface area contributed by atoms with Gasteiger partial charge >= 0.3 is 11.9 Å². The summed E-state index contributed by atoms with van der Waals surface area (Å²) in [5, 5.41) is 0. The van der Waals surface area contributed by atoms with Crippen LogP contribution in [0, 0.1) is 6.92 Å². The zero-order valence-corrected chi connectivity index (χ0v) is 63.8. The number of cyclic esters (lactones) is 2. The highest BCUT2D eigenvalue weighted by atomic mass is 32.1. The molecule has 0 spiro atoms. The highest BCUT2D eigenvalue weighted by molar-refractivity contribution is 7.17. The number of hydrogen-bond donors (Lipinski definition) is 0. The first-order valence-corrected chi connectivity index (χ1v) is 43.2. The maximum Gasteiger partial charge on any atom is 0.348 e. The van der Waals surface area contributed by atoms with Crippen molar-refractivity contribution in [3.8, 4) is 20.9 Å². The highest BCUT2D eigenvalue weighted by Crippen LogP contribution is 2.64. The fraction of sp³-hybridized carbons (Fsp3) is 0.773. The molecule has 4 nitrogen and oxygen atoms in total. The average molecular weight is 1330 g/mol. The highest BCUT2D eigenvalue weighted by Gasteiger charge is 2.51. The van der Waals surface area contributed by atoms with Gasteiger partial charge in [-0.3, -0.25) is 0 Å². The van der Waals surface area contributed by atoms with Crippen LogP contribution < -0.4 is 0 Å². The van der Waals surface area contributed by atoms with Crippen molar-refractivity contribution in [2.24, 2.45) is 0 Å². The molecule has 0 bridgehead atoms. The summed E-state index contributed by atoms with van der Waals surface area (Å²) in [5.41, 5.74) is 9.76. The molecule has 2 aliphatic heterocycles. The minimum absolute atomic E-state index is 0.00387. The largest absolute Gasteiger partial charge is 0.427 e. The zero-order chi connectivity index (χ0) is 66.3. The second-order valence-corrected chi connectivity index (χ2v) is 33.2. The summed E-state index contributed by atoms with van der Waals surface area (Å²) in [4.78, 5) is 32.6. The molecular weight excluding hydrogens is 1190 g/mol. The number of unbranched alkanes of at least 4 members (excludes halogenated alkanes) is 52. The number of carbonyl (C=O) groups is 2. The van der Waals surface area contributed by atoms with Crippen LogP contribution >= 0.6 is 22.7 Å². The number of fused-ring (bicyclic) bond motifs is 7. The van der Waals surface area contributed by atoms with Gasteiger partial charge in [0.2, 0.25) is 0 Å². The number of hydrogen-bond acceptors (Lipinski definition) is 6. The van der Waals surface area contributed by atoms with E-state index in [2.05, 4.69) is 70.2 Å². The number of aryl methyl sites for hydroxylation is 1. The Morgan fingerprint density at radius 3 is 0.840 bits per heavy atom. The van der Waals surface area contributed by atoms with Gasteiger partial charge in [0.15, 0.2) is 5.76 Å². The number of benzene rings is 1. The maximum atomic E-state index is 13.7. The third-order valence-corrected chi connectivity index (χ3v) is 25.3. The van der Waals surface area contributed by atoms with Crippen LogP contribution in [0.25, 0.3) is 26.6 Å². The lowest BCUT2D eigenvalue weighted by Gasteiger charge is -2.34. The van der Waals surface area contributed by atoms with Gasteiger partial charge in [-0.25, -0.2) is 9.59 Å². The zero-order valence-electron chi connectivity index (χ0n) is 62.2. The summed E-state index contributed by atoms with van der Waals surface area (Å²) in [6.07, 6.45) is 81.8. The lowest BCUT2D eigenvalue weighted by atomic mass is 9.68. The number of thiophene rings is 2. The van der Waals surface area contributed by atoms with Crippen molar-refractivity contribution >= 4 is 40.4 Å². The molecule has 0 N–H and O–H groups in total. The molecule has 1 aromatic carbocycles. The third-order valence-electron chi connectivity index (χ3n) is 23.0. The normalized spacial score (nSPS) is 15.0. The molecular formula is C88H142O4S2.